The minimum Gasteiger partial charge on any atom is -0.491 e. The largest absolute Gasteiger partial charge is 0.491 e. The zero-order chi connectivity index (χ0) is 13.5. The van der Waals surface area contributed by atoms with E-state index in [-0.39, 0.29) is 24.2 Å². The average molecular weight is 245 g/mol. The highest BCUT2D eigenvalue weighted by molar-refractivity contribution is 5.98. The molecule has 1 aromatic carbocycles. The minimum atomic E-state index is -0.202. The van der Waals surface area contributed by atoms with Crippen LogP contribution in [-0.2, 0) is 0 Å². The second kappa shape index (κ2) is 6.80. The number of nitriles is 1. The summed E-state index contributed by atoms with van der Waals surface area (Å²) < 4.78 is 5.52. The molecule has 0 saturated carbocycles. The number of ketones is 1. The molecule has 0 saturated heterocycles. The first-order valence-corrected chi connectivity index (χ1v) is 6.26. The molecule has 18 heavy (non-hydrogen) atoms. The van der Waals surface area contributed by atoms with E-state index in [2.05, 4.69) is 6.07 Å². The number of rotatable bonds is 6. The number of hydrogen-bond donors (Lipinski definition) is 0. The predicted octanol–water partition coefficient (Wildman–Crippen LogP) is 3.60. The van der Waals surface area contributed by atoms with Gasteiger partial charge in [0.05, 0.1) is 12.2 Å². The molecule has 1 aromatic rings. The van der Waals surface area contributed by atoms with Crippen molar-refractivity contribution >= 4 is 5.78 Å². The summed E-state index contributed by atoms with van der Waals surface area (Å²) in [7, 11) is 0. The Bertz CT molecular complexity index is 429. The molecule has 0 aliphatic carbocycles. The van der Waals surface area contributed by atoms with Gasteiger partial charge in [-0.25, -0.2) is 0 Å². The zero-order valence-corrected chi connectivity index (χ0v) is 11.1. The number of carbonyl (C=O) groups is 1. The maximum absolute atomic E-state index is 12.1. The molecular formula is C15H19NO2. The van der Waals surface area contributed by atoms with Crippen molar-refractivity contribution in [3.8, 4) is 11.8 Å². The second-order valence-electron chi connectivity index (χ2n) is 4.52. The molecule has 0 aliphatic rings. The summed E-state index contributed by atoms with van der Waals surface area (Å²) in [5.41, 5.74) is 0.646. The molecule has 0 amide bonds. The molecule has 0 aliphatic heterocycles. The summed E-state index contributed by atoms with van der Waals surface area (Å²) in [6, 6.07) is 9.19. The fraction of sp³-hybridized carbons (Fsp3) is 0.467. The average Bonchev–Trinajstić information content (AvgIpc) is 2.35. The van der Waals surface area contributed by atoms with Crippen molar-refractivity contribution in [1.29, 1.82) is 5.26 Å². The van der Waals surface area contributed by atoms with E-state index in [0.717, 1.165) is 5.75 Å². The summed E-state index contributed by atoms with van der Waals surface area (Å²) >= 11 is 0. The first-order valence-electron chi connectivity index (χ1n) is 6.26. The summed E-state index contributed by atoms with van der Waals surface area (Å²) in [6.07, 6.45) is 1.09. The monoisotopic (exact) mass is 245 g/mol. The molecule has 96 valence electrons. The molecule has 0 N–H and O–H groups in total. The van der Waals surface area contributed by atoms with Crippen molar-refractivity contribution < 1.29 is 9.53 Å². The third-order valence-electron chi connectivity index (χ3n) is 2.71. The highest BCUT2D eigenvalue weighted by Gasteiger charge is 2.17. The van der Waals surface area contributed by atoms with Crippen molar-refractivity contribution in [2.45, 2.75) is 39.7 Å². The minimum absolute atomic E-state index is 0.0372. The van der Waals surface area contributed by atoms with Gasteiger partial charge < -0.3 is 4.74 Å². The van der Waals surface area contributed by atoms with Crippen molar-refractivity contribution in [3.63, 3.8) is 0 Å². The zero-order valence-electron chi connectivity index (χ0n) is 11.1. The Kier molecular flexibility index (Phi) is 5.38. The van der Waals surface area contributed by atoms with Gasteiger partial charge in [0.15, 0.2) is 5.78 Å². The van der Waals surface area contributed by atoms with Gasteiger partial charge in [-0.15, -0.1) is 0 Å². The van der Waals surface area contributed by atoms with E-state index < -0.39 is 0 Å². The summed E-state index contributed by atoms with van der Waals surface area (Å²) in [5, 5.41) is 8.68. The Morgan fingerprint density at radius 2 is 1.94 bits per heavy atom. The van der Waals surface area contributed by atoms with Crippen molar-refractivity contribution in [1.82, 2.24) is 0 Å². The van der Waals surface area contributed by atoms with E-state index in [1.807, 2.05) is 20.8 Å². The van der Waals surface area contributed by atoms with Crippen molar-refractivity contribution in [3.05, 3.63) is 29.8 Å². The van der Waals surface area contributed by atoms with Crippen molar-refractivity contribution in [2.75, 3.05) is 0 Å². The Balaban J connectivity index is 2.78. The predicted molar refractivity (Wildman–Crippen MR) is 70.5 cm³/mol. The molecule has 3 heteroatoms. The van der Waals surface area contributed by atoms with E-state index in [0.29, 0.717) is 12.0 Å². The van der Waals surface area contributed by atoms with Crippen LogP contribution in [0, 0.1) is 17.2 Å². The van der Waals surface area contributed by atoms with Gasteiger partial charge in [0.1, 0.15) is 5.75 Å². The molecule has 1 unspecified atom stereocenters. The fourth-order valence-electron chi connectivity index (χ4n) is 1.74. The first kappa shape index (κ1) is 14.2. The van der Waals surface area contributed by atoms with Gasteiger partial charge in [-0.05, 0) is 44.5 Å². The molecule has 1 atom stereocenters. The molecule has 0 aromatic heterocycles. The van der Waals surface area contributed by atoms with Crippen LogP contribution in [0.4, 0.5) is 0 Å². The number of benzene rings is 1. The van der Waals surface area contributed by atoms with Crippen LogP contribution in [0.1, 0.15) is 44.0 Å². The number of Topliss-reactive ketones (excluding diaryl/α,β-unsaturated/α-hetero) is 1. The van der Waals surface area contributed by atoms with Gasteiger partial charge in [-0.1, -0.05) is 6.92 Å². The fourth-order valence-corrected chi connectivity index (χ4v) is 1.74. The second-order valence-corrected chi connectivity index (χ2v) is 4.52. The summed E-state index contributed by atoms with van der Waals surface area (Å²) in [5.74, 6) is 0.594. The van der Waals surface area contributed by atoms with Gasteiger partial charge in [-0.3, -0.25) is 4.79 Å². The summed E-state index contributed by atoms with van der Waals surface area (Å²) in [6.45, 7) is 5.84. The molecule has 0 spiro atoms. The van der Waals surface area contributed by atoms with Crippen molar-refractivity contribution in [2.24, 2.45) is 5.92 Å². The molecule has 0 fully saturated rings. The molecule has 0 bridgehead atoms. The van der Waals surface area contributed by atoms with Gasteiger partial charge in [0, 0.05) is 17.9 Å². The van der Waals surface area contributed by atoms with Crippen LogP contribution in [0.15, 0.2) is 24.3 Å². The van der Waals surface area contributed by atoms with Crippen LogP contribution >= 0.6 is 0 Å². The van der Waals surface area contributed by atoms with E-state index in [9.17, 15) is 4.79 Å². The highest BCUT2D eigenvalue weighted by atomic mass is 16.5. The molecule has 0 radical (unpaired) electrons. The Morgan fingerprint density at radius 1 is 1.33 bits per heavy atom. The quantitative estimate of drug-likeness (QED) is 0.719. The van der Waals surface area contributed by atoms with Crippen LogP contribution < -0.4 is 4.74 Å². The van der Waals surface area contributed by atoms with Gasteiger partial charge >= 0.3 is 0 Å². The van der Waals surface area contributed by atoms with Gasteiger partial charge in [0.25, 0.3) is 0 Å². The lowest BCUT2D eigenvalue weighted by molar-refractivity contribution is 0.0918. The number of carbonyl (C=O) groups excluding carboxylic acids is 1. The van der Waals surface area contributed by atoms with E-state index in [4.69, 9.17) is 10.00 Å². The van der Waals surface area contributed by atoms with E-state index in [1.54, 1.807) is 24.3 Å². The number of nitrogens with zero attached hydrogens (tertiary/aromatic N) is 1. The molecule has 1 rings (SSSR count). The van der Waals surface area contributed by atoms with Crippen LogP contribution in [0.5, 0.6) is 5.75 Å². The number of ether oxygens (including phenoxy) is 1. The Hall–Kier alpha value is -1.82. The Labute approximate surface area is 108 Å². The smallest absolute Gasteiger partial charge is 0.166 e. The van der Waals surface area contributed by atoms with E-state index >= 15 is 0 Å². The van der Waals surface area contributed by atoms with Crippen LogP contribution in [0.2, 0.25) is 0 Å². The maximum atomic E-state index is 12.1. The maximum Gasteiger partial charge on any atom is 0.166 e. The Morgan fingerprint density at radius 3 is 2.39 bits per heavy atom. The lowest BCUT2D eigenvalue weighted by Crippen LogP contribution is -2.13. The molecular weight excluding hydrogens is 226 g/mol. The third-order valence-corrected chi connectivity index (χ3v) is 2.71. The van der Waals surface area contributed by atoms with Crippen LogP contribution in [0.3, 0.4) is 0 Å². The van der Waals surface area contributed by atoms with E-state index in [1.165, 1.54) is 0 Å². The normalized spacial score (nSPS) is 11.9. The standard InChI is InChI=1S/C15H19NO2/c1-4-12(9-10-16)15(17)13-5-7-14(8-6-13)18-11(2)3/h5-8,11-12H,4,9H2,1-3H3. The summed E-state index contributed by atoms with van der Waals surface area (Å²) in [4.78, 5) is 12.1. The van der Waals surface area contributed by atoms with Crippen LogP contribution in [0.25, 0.3) is 0 Å². The van der Waals surface area contributed by atoms with Crippen LogP contribution in [-0.4, -0.2) is 11.9 Å². The lowest BCUT2D eigenvalue weighted by atomic mass is 9.93. The number of hydrogen-bond acceptors (Lipinski definition) is 3. The molecule has 0 heterocycles. The topological polar surface area (TPSA) is 50.1 Å². The first-order chi connectivity index (χ1) is 8.58. The highest BCUT2D eigenvalue weighted by Crippen LogP contribution is 2.19. The lowest BCUT2D eigenvalue weighted by Gasteiger charge is -2.12. The molecule has 3 nitrogen and oxygen atoms in total. The third kappa shape index (κ3) is 3.89. The van der Waals surface area contributed by atoms with Gasteiger partial charge in [0.2, 0.25) is 0 Å². The van der Waals surface area contributed by atoms with Gasteiger partial charge in [-0.2, -0.15) is 5.26 Å². The SMILES string of the molecule is CCC(CC#N)C(=O)c1ccc(OC(C)C)cc1.